The molecule has 146 valence electrons. The summed E-state index contributed by atoms with van der Waals surface area (Å²) in [6, 6.07) is 10.2. The van der Waals surface area contributed by atoms with Crippen LogP contribution >= 0.6 is 0 Å². The fraction of sp³-hybridized carbons (Fsp3) is 0.450. The van der Waals surface area contributed by atoms with Gasteiger partial charge in [-0.3, -0.25) is 4.79 Å². The highest BCUT2D eigenvalue weighted by Gasteiger charge is 2.20. The van der Waals surface area contributed by atoms with Gasteiger partial charge in [0.1, 0.15) is 12.4 Å². The first kappa shape index (κ1) is 18.3. The fourth-order valence-electron chi connectivity index (χ4n) is 3.65. The standard InChI is InChI=1S/C20H25N7O/c1-14-8-10-16(11-9-14)20-22-25-26(24-20)13-19(28)21-18-12-15(2)23-27(18)17-6-4-3-5-7-17/h8-12,17H,3-7,13H2,1-2H3,(H,21,28). The van der Waals surface area contributed by atoms with Gasteiger partial charge in [0, 0.05) is 11.6 Å². The van der Waals surface area contributed by atoms with Gasteiger partial charge in [0.15, 0.2) is 0 Å². The quantitative estimate of drug-likeness (QED) is 0.734. The molecule has 28 heavy (non-hydrogen) atoms. The van der Waals surface area contributed by atoms with Crippen molar-refractivity contribution in [2.75, 3.05) is 5.32 Å². The van der Waals surface area contributed by atoms with Gasteiger partial charge in [0.25, 0.3) is 0 Å². The summed E-state index contributed by atoms with van der Waals surface area (Å²) >= 11 is 0. The third kappa shape index (κ3) is 4.11. The first-order valence-electron chi connectivity index (χ1n) is 9.79. The Morgan fingerprint density at radius 3 is 2.61 bits per heavy atom. The molecule has 4 rings (SSSR count). The monoisotopic (exact) mass is 379 g/mol. The third-order valence-corrected chi connectivity index (χ3v) is 5.09. The molecule has 2 aromatic heterocycles. The highest BCUT2D eigenvalue weighted by molar-refractivity contribution is 5.89. The predicted molar refractivity (Wildman–Crippen MR) is 106 cm³/mol. The summed E-state index contributed by atoms with van der Waals surface area (Å²) in [4.78, 5) is 13.9. The van der Waals surface area contributed by atoms with Crippen molar-refractivity contribution in [1.82, 2.24) is 30.0 Å². The molecule has 0 aliphatic heterocycles. The highest BCUT2D eigenvalue weighted by Crippen LogP contribution is 2.30. The molecule has 1 N–H and O–H groups in total. The minimum absolute atomic E-state index is 0.00769. The zero-order chi connectivity index (χ0) is 19.5. The van der Waals surface area contributed by atoms with Gasteiger partial charge in [0.05, 0.1) is 11.7 Å². The minimum atomic E-state index is -0.190. The Kier molecular flexibility index (Phi) is 5.18. The molecule has 1 amide bonds. The number of rotatable bonds is 5. The van der Waals surface area contributed by atoms with Gasteiger partial charge in [-0.15, -0.1) is 10.2 Å². The normalized spacial score (nSPS) is 14.9. The zero-order valence-electron chi connectivity index (χ0n) is 16.3. The number of aryl methyl sites for hydroxylation is 2. The lowest BCUT2D eigenvalue weighted by atomic mass is 9.96. The number of carbonyl (C=O) groups is 1. The summed E-state index contributed by atoms with van der Waals surface area (Å²) in [6.45, 7) is 3.98. The van der Waals surface area contributed by atoms with E-state index in [1.54, 1.807) is 0 Å². The maximum atomic E-state index is 12.5. The molecule has 1 aliphatic carbocycles. The molecule has 0 spiro atoms. The lowest BCUT2D eigenvalue weighted by Gasteiger charge is -2.23. The summed E-state index contributed by atoms with van der Waals surface area (Å²) in [5.74, 6) is 1.06. The molecule has 1 fully saturated rings. The van der Waals surface area contributed by atoms with Crippen LogP contribution in [0.2, 0.25) is 0 Å². The number of aromatic nitrogens is 6. The molecule has 8 heteroatoms. The van der Waals surface area contributed by atoms with Crippen LogP contribution < -0.4 is 5.32 Å². The number of carbonyl (C=O) groups excluding carboxylic acids is 1. The first-order chi connectivity index (χ1) is 13.6. The van der Waals surface area contributed by atoms with Crippen LogP contribution in [0.15, 0.2) is 30.3 Å². The molecule has 0 atom stereocenters. The molecular formula is C20H25N7O. The van der Waals surface area contributed by atoms with Crippen molar-refractivity contribution >= 4 is 11.7 Å². The van der Waals surface area contributed by atoms with E-state index in [9.17, 15) is 4.79 Å². The van der Waals surface area contributed by atoms with E-state index in [4.69, 9.17) is 0 Å². The van der Waals surface area contributed by atoms with E-state index in [1.165, 1.54) is 29.6 Å². The molecule has 1 aromatic carbocycles. The van der Waals surface area contributed by atoms with Crippen LogP contribution in [0, 0.1) is 13.8 Å². The first-order valence-corrected chi connectivity index (χ1v) is 9.79. The molecule has 0 unspecified atom stereocenters. The van der Waals surface area contributed by atoms with E-state index in [1.807, 2.05) is 48.9 Å². The van der Waals surface area contributed by atoms with Crippen molar-refractivity contribution in [3.63, 3.8) is 0 Å². The van der Waals surface area contributed by atoms with Gasteiger partial charge in [-0.1, -0.05) is 49.1 Å². The fourth-order valence-corrected chi connectivity index (χ4v) is 3.65. The van der Waals surface area contributed by atoms with Gasteiger partial charge in [-0.05, 0) is 31.9 Å². The van der Waals surface area contributed by atoms with Crippen molar-refractivity contribution in [2.45, 2.75) is 58.5 Å². The number of amides is 1. The predicted octanol–water partition coefficient (Wildman–Crippen LogP) is 3.30. The number of nitrogens with zero attached hydrogens (tertiary/aromatic N) is 6. The highest BCUT2D eigenvalue weighted by atomic mass is 16.2. The second kappa shape index (κ2) is 7.92. The maximum absolute atomic E-state index is 12.5. The van der Waals surface area contributed by atoms with Crippen LogP contribution in [0.3, 0.4) is 0 Å². The number of hydrogen-bond donors (Lipinski definition) is 1. The van der Waals surface area contributed by atoms with Crippen LogP contribution in [0.25, 0.3) is 11.4 Å². The van der Waals surface area contributed by atoms with E-state index >= 15 is 0 Å². The van der Waals surface area contributed by atoms with Crippen LogP contribution in [-0.4, -0.2) is 35.9 Å². The Morgan fingerprint density at radius 1 is 1.11 bits per heavy atom. The average molecular weight is 379 g/mol. The molecule has 0 radical (unpaired) electrons. The Bertz CT molecular complexity index is 951. The summed E-state index contributed by atoms with van der Waals surface area (Å²) in [5.41, 5.74) is 2.95. The van der Waals surface area contributed by atoms with Crippen LogP contribution in [-0.2, 0) is 11.3 Å². The van der Waals surface area contributed by atoms with Crippen LogP contribution in [0.1, 0.15) is 49.4 Å². The molecule has 2 heterocycles. The second-order valence-electron chi connectivity index (χ2n) is 7.47. The largest absolute Gasteiger partial charge is 0.309 e. The molecule has 1 saturated carbocycles. The van der Waals surface area contributed by atoms with E-state index in [0.717, 1.165) is 29.9 Å². The van der Waals surface area contributed by atoms with Gasteiger partial charge >= 0.3 is 0 Å². The van der Waals surface area contributed by atoms with E-state index in [0.29, 0.717) is 11.9 Å². The van der Waals surface area contributed by atoms with Crippen LogP contribution in [0.5, 0.6) is 0 Å². The molecule has 0 saturated heterocycles. The van der Waals surface area contributed by atoms with Crippen LogP contribution in [0.4, 0.5) is 5.82 Å². The van der Waals surface area contributed by atoms with Gasteiger partial charge in [0.2, 0.25) is 11.7 Å². The van der Waals surface area contributed by atoms with Crippen molar-refractivity contribution in [3.8, 4) is 11.4 Å². The summed E-state index contributed by atoms with van der Waals surface area (Å²) in [6.07, 6.45) is 5.91. The number of anilines is 1. The second-order valence-corrected chi connectivity index (χ2v) is 7.47. The lowest BCUT2D eigenvalue weighted by Crippen LogP contribution is -2.24. The summed E-state index contributed by atoms with van der Waals surface area (Å²) in [7, 11) is 0. The van der Waals surface area contributed by atoms with Crippen molar-refractivity contribution in [2.24, 2.45) is 0 Å². The average Bonchev–Trinajstić information content (AvgIpc) is 3.29. The van der Waals surface area contributed by atoms with Gasteiger partial charge < -0.3 is 5.32 Å². The van der Waals surface area contributed by atoms with Crippen molar-refractivity contribution < 1.29 is 4.79 Å². The molecular weight excluding hydrogens is 354 g/mol. The SMILES string of the molecule is Cc1ccc(-c2nnn(CC(=O)Nc3cc(C)nn3C3CCCCC3)n2)cc1. The smallest absolute Gasteiger partial charge is 0.249 e. The molecule has 3 aromatic rings. The number of benzene rings is 1. The molecule has 8 nitrogen and oxygen atoms in total. The van der Waals surface area contributed by atoms with E-state index in [2.05, 4.69) is 25.8 Å². The Morgan fingerprint density at radius 2 is 1.86 bits per heavy atom. The number of tetrazole rings is 1. The van der Waals surface area contributed by atoms with Gasteiger partial charge in [-0.25, -0.2) is 4.68 Å². The lowest BCUT2D eigenvalue weighted by molar-refractivity contribution is -0.117. The Labute approximate surface area is 163 Å². The number of hydrogen-bond acceptors (Lipinski definition) is 5. The van der Waals surface area contributed by atoms with Crippen molar-refractivity contribution in [3.05, 3.63) is 41.6 Å². The van der Waals surface area contributed by atoms with Crippen molar-refractivity contribution in [1.29, 1.82) is 0 Å². The zero-order valence-corrected chi connectivity index (χ0v) is 16.3. The molecule has 1 aliphatic rings. The Balaban J connectivity index is 1.43. The Hall–Kier alpha value is -3.03. The van der Waals surface area contributed by atoms with Gasteiger partial charge in [-0.2, -0.15) is 9.90 Å². The van der Waals surface area contributed by atoms with E-state index < -0.39 is 0 Å². The third-order valence-electron chi connectivity index (χ3n) is 5.09. The summed E-state index contributed by atoms with van der Waals surface area (Å²) < 4.78 is 1.97. The maximum Gasteiger partial charge on any atom is 0.249 e. The summed E-state index contributed by atoms with van der Waals surface area (Å²) in [5, 5.41) is 19.9. The topological polar surface area (TPSA) is 90.5 Å². The molecule has 0 bridgehead atoms. The number of nitrogens with one attached hydrogen (secondary N) is 1. The van der Waals surface area contributed by atoms with E-state index in [-0.39, 0.29) is 12.5 Å². The minimum Gasteiger partial charge on any atom is -0.309 e.